The second kappa shape index (κ2) is 5.09. The first-order valence-corrected chi connectivity index (χ1v) is 6.66. The van der Waals surface area contributed by atoms with E-state index in [-0.39, 0.29) is 0 Å². The van der Waals surface area contributed by atoms with Crippen LogP contribution in [0.3, 0.4) is 0 Å². The van der Waals surface area contributed by atoms with Crippen LogP contribution in [0.2, 0.25) is 10.0 Å². The van der Waals surface area contributed by atoms with Crippen molar-refractivity contribution in [2.75, 3.05) is 6.26 Å². The molecule has 0 spiro atoms. The van der Waals surface area contributed by atoms with Crippen molar-refractivity contribution < 1.29 is 0 Å². The molecule has 0 atom stereocenters. The van der Waals surface area contributed by atoms with Gasteiger partial charge in [0, 0.05) is 5.56 Å². The Kier molecular flexibility index (Phi) is 3.74. The van der Waals surface area contributed by atoms with E-state index in [0.29, 0.717) is 10.0 Å². The van der Waals surface area contributed by atoms with Crippen LogP contribution in [0.4, 0.5) is 0 Å². The van der Waals surface area contributed by atoms with Crippen molar-refractivity contribution in [3.05, 3.63) is 46.4 Å². The van der Waals surface area contributed by atoms with Gasteiger partial charge in [-0.2, -0.15) is 0 Å². The summed E-state index contributed by atoms with van der Waals surface area (Å²) in [5.41, 5.74) is 1.60. The lowest BCUT2D eigenvalue weighted by Crippen LogP contribution is -1.87. The van der Waals surface area contributed by atoms with Crippen molar-refractivity contribution in [3.8, 4) is 11.3 Å². The third-order valence-electron chi connectivity index (χ3n) is 2.15. The van der Waals surface area contributed by atoms with Crippen molar-refractivity contribution >= 4 is 35.0 Å². The first-order valence-electron chi connectivity index (χ1n) is 4.68. The van der Waals surface area contributed by atoms with Gasteiger partial charge in [-0.15, -0.1) is 11.8 Å². The topological polar surface area (TPSA) is 12.9 Å². The maximum Gasteiger partial charge on any atom is 0.0964 e. The average molecular weight is 270 g/mol. The number of nitrogens with zero attached hydrogens (tertiary/aromatic N) is 1. The highest BCUT2D eigenvalue weighted by atomic mass is 35.5. The second-order valence-electron chi connectivity index (χ2n) is 3.16. The molecule has 0 aliphatic rings. The zero-order chi connectivity index (χ0) is 11.5. The summed E-state index contributed by atoms with van der Waals surface area (Å²) in [6.07, 6.45) is 1.99. The van der Waals surface area contributed by atoms with E-state index in [0.717, 1.165) is 16.3 Å². The van der Waals surface area contributed by atoms with Crippen molar-refractivity contribution in [2.24, 2.45) is 0 Å². The van der Waals surface area contributed by atoms with Crippen LogP contribution < -0.4 is 0 Å². The summed E-state index contributed by atoms with van der Waals surface area (Å²) in [6, 6.07) is 11.3. The number of pyridine rings is 1. The molecule has 4 heteroatoms. The fraction of sp³-hybridized carbons (Fsp3) is 0.0833. The summed E-state index contributed by atoms with van der Waals surface area (Å²) in [7, 11) is 0. The van der Waals surface area contributed by atoms with Crippen molar-refractivity contribution in [1.82, 2.24) is 4.98 Å². The van der Waals surface area contributed by atoms with Crippen LogP contribution in [0.25, 0.3) is 11.3 Å². The van der Waals surface area contributed by atoms with Gasteiger partial charge in [-0.3, -0.25) is 0 Å². The van der Waals surface area contributed by atoms with Gasteiger partial charge in [-0.05, 0) is 30.5 Å². The third-order valence-corrected chi connectivity index (χ3v) is 3.43. The molecular weight excluding hydrogens is 261 g/mol. The lowest BCUT2D eigenvalue weighted by molar-refractivity contribution is 1.14. The summed E-state index contributed by atoms with van der Waals surface area (Å²) in [6.45, 7) is 0. The second-order valence-corrected chi connectivity index (χ2v) is 4.80. The maximum absolute atomic E-state index is 6.13. The number of benzene rings is 1. The minimum Gasteiger partial charge on any atom is -0.241 e. The van der Waals surface area contributed by atoms with Gasteiger partial charge in [0.15, 0.2) is 0 Å². The van der Waals surface area contributed by atoms with E-state index in [4.69, 9.17) is 23.2 Å². The molecule has 0 aliphatic heterocycles. The van der Waals surface area contributed by atoms with Gasteiger partial charge in [0.2, 0.25) is 0 Å². The zero-order valence-electron chi connectivity index (χ0n) is 8.58. The van der Waals surface area contributed by atoms with Gasteiger partial charge < -0.3 is 0 Å². The Balaban J connectivity index is 2.58. The standard InChI is InChI=1S/C12H9Cl2NS/c1-16-11-7-3-6-10(15-11)12-8(13)4-2-5-9(12)14/h2-7H,1H3. The number of aromatic nitrogens is 1. The summed E-state index contributed by atoms with van der Waals surface area (Å²) in [4.78, 5) is 4.48. The van der Waals surface area contributed by atoms with Crippen LogP contribution in [0.5, 0.6) is 0 Å². The molecule has 0 unspecified atom stereocenters. The molecule has 1 heterocycles. The molecule has 1 aromatic heterocycles. The normalized spacial score (nSPS) is 10.4. The molecule has 0 amide bonds. The van der Waals surface area contributed by atoms with Crippen LogP contribution in [0.15, 0.2) is 41.4 Å². The van der Waals surface area contributed by atoms with Crippen molar-refractivity contribution in [1.29, 1.82) is 0 Å². The lowest BCUT2D eigenvalue weighted by atomic mass is 10.1. The highest BCUT2D eigenvalue weighted by Crippen LogP contribution is 2.33. The van der Waals surface area contributed by atoms with Gasteiger partial charge in [0.25, 0.3) is 0 Å². The molecule has 0 aliphatic carbocycles. The number of thioether (sulfide) groups is 1. The molecule has 0 bridgehead atoms. The third kappa shape index (κ3) is 2.34. The molecular formula is C12H9Cl2NS. The molecule has 0 saturated heterocycles. The molecule has 1 aromatic carbocycles. The Bertz CT molecular complexity index is 494. The molecule has 16 heavy (non-hydrogen) atoms. The highest BCUT2D eigenvalue weighted by molar-refractivity contribution is 7.98. The fourth-order valence-electron chi connectivity index (χ4n) is 1.41. The van der Waals surface area contributed by atoms with E-state index >= 15 is 0 Å². The molecule has 0 saturated carbocycles. The predicted octanol–water partition coefficient (Wildman–Crippen LogP) is 4.78. The summed E-state index contributed by atoms with van der Waals surface area (Å²) < 4.78 is 0. The summed E-state index contributed by atoms with van der Waals surface area (Å²) >= 11 is 13.8. The van der Waals surface area contributed by atoms with E-state index in [9.17, 15) is 0 Å². The Hall–Kier alpha value is -0.700. The van der Waals surface area contributed by atoms with Gasteiger partial charge >= 0.3 is 0 Å². The Morgan fingerprint density at radius 3 is 2.25 bits per heavy atom. The Morgan fingerprint density at radius 2 is 1.62 bits per heavy atom. The average Bonchev–Trinajstić information content (AvgIpc) is 2.29. The van der Waals surface area contributed by atoms with Gasteiger partial charge in [0.1, 0.15) is 0 Å². The molecule has 0 N–H and O–H groups in total. The maximum atomic E-state index is 6.13. The smallest absolute Gasteiger partial charge is 0.0964 e. The number of hydrogen-bond acceptors (Lipinski definition) is 2. The van der Waals surface area contributed by atoms with Crippen LogP contribution >= 0.6 is 35.0 Å². The molecule has 1 nitrogen and oxygen atoms in total. The minimum absolute atomic E-state index is 0.623. The van der Waals surface area contributed by atoms with E-state index in [2.05, 4.69) is 4.98 Å². The van der Waals surface area contributed by atoms with Crippen LogP contribution in [0, 0.1) is 0 Å². The monoisotopic (exact) mass is 269 g/mol. The van der Waals surface area contributed by atoms with Crippen molar-refractivity contribution in [3.63, 3.8) is 0 Å². The molecule has 0 fully saturated rings. The minimum atomic E-state index is 0.623. The molecule has 82 valence electrons. The Morgan fingerprint density at radius 1 is 1.00 bits per heavy atom. The van der Waals surface area contributed by atoms with E-state index in [1.165, 1.54) is 0 Å². The quantitative estimate of drug-likeness (QED) is 0.728. The predicted molar refractivity (Wildman–Crippen MR) is 71.5 cm³/mol. The molecule has 2 rings (SSSR count). The fourth-order valence-corrected chi connectivity index (χ4v) is 2.41. The lowest BCUT2D eigenvalue weighted by Gasteiger charge is -2.07. The van der Waals surface area contributed by atoms with E-state index < -0.39 is 0 Å². The van der Waals surface area contributed by atoms with Gasteiger partial charge in [-0.1, -0.05) is 35.3 Å². The molecule has 0 radical (unpaired) electrons. The summed E-state index contributed by atoms with van der Waals surface area (Å²) in [5, 5.41) is 2.20. The van der Waals surface area contributed by atoms with Crippen LogP contribution in [-0.4, -0.2) is 11.2 Å². The van der Waals surface area contributed by atoms with Crippen molar-refractivity contribution in [2.45, 2.75) is 5.03 Å². The van der Waals surface area contributed by atoms with Crippen LogP contribution in [0.1, 0.15) is 0 Å². The number of halogens is 2. The Labute approximate surface area is 109 Å². The number of rotatable bonds is 2. The van der Waals surface area contributed by atoms with Crippen LogP contribution in [-0.2, 0) is 0 Å². The SMILES string of the molecule is CSc1cccc(-c2c(Cl)cccc2Cl)n1. The molecule has 2 aromatic rings. The first-order chi connectivity index (χ1) is 7.72. The number of hydrogen-bond donors (Lipinski definition) is 0. The van der Waals surface area contributed by atoms with Gasteiger partial charge in [0.05, 0.1) is 20.8 Å². The zero-order valence-corrected chi connectivity index (χ0v) is 10.9. The van der Waals surface area contributed by atoms with E-state index in [1.807, 2.05) is 42.7 Å². The van der Waals surface area contributed by atoms with E-state index in [1.54, 1.807) is 11.8 Å². The first kappa shape index (κ1) is 11.8. The highest BCUT2D eigenvalue weighted by Gasteiger charge is 2.09. The van der Waals surface area contributed by atoms with Gasteiger partial charge in [-0.25, -0.2) is 4.98 Å². The largest absolute Gasteiger partial charge is 0.241 e. The summed E-state index contributed by atoms with van der Waals surface area (Å²) in [5.74, 6) is 0.